The van der Waals surface area contributed by atoms with Gasteiger partial charge in [-0.2, -0.15) is 0 Å². The fourth-order valence-electron chi connectivity index (χ4n) is 1.59. The van der Waals surface area contributed by atoms with Crippen LogP contribution in [0.2, 0.25) is 5.02 Å². The fourth-order valence-corrected chi connectivity index (χ4v) is 2.94. The molecule has 110 valence electrons. The van der Waals surface area contributed by atoms with Crippen LogP contribution in [-0.4, -0.2) is 39.9 Å². The number of likely N-dealkylation sites (N-methyl/N-ethyl adjacent to an activating group) is 1. The number of aliphatic carboxylic acids is 1. The number of rotatable bonds is 4. The standard InChI is InChI=1S/C13H10ClNO4S2/c1-15-12(18)10(21-13(15)20)5-7-4-8(14)2-3-9(7)19-6-11(16)17/h2-5H,6H2,1H3,(H,16,17)/b10-5-. The summed E-state index contributed by atoms with van der Waals surface area (Å²) in [4.78, 5) is 24.4. The Labute approximate surface area is 135 Å². The number of nitrogens with zero attached hydrogens (tertiary/aromatic N) is 1. The van der Waals surface area contributed by atoms with Gasteiger partial charge >= 0.3 is 5.97 Å². The first-order valence-corrected chi connectivity index (χ1v) is 7.34. The van der Waals surface area contributed by atoms with Crippen molar-refractivity contribution < 1.29 is 19.4 Å². The van der Waals surface area contributed by atoms with Gasteiger partial charge in [-0.3, -0.25) is 9.69 Å². The van der Waals surface area contributed by atoms with E-state index < -0.39 is 12.6 Å². The highest BCUT2D eigenvalue weighted by Gasteiger charge is 2.29. The molecule has 1 aliphatic rings. The van der Waals surface area contributed by atoms with E-state index in [0.717, 1.165) is 0 Å². The number of ether oxygens (including phenoxy) is 1. The SMILES string of the molecule is CN1C(=O)/C(=C/c2cc(Cl)ccc2OCC(=O)O)SC1=S. The third kappa shape index (κ3) is 3.75. The van der Waals surface area contributed by atoms with E-state index in [-0.39, 0.29) is 5.91 Å². The number of carbonyl (C=O) groups excluding carboxylic acids is 1. The summed E-state index contributed by atoms with van der Waals surface area (Å²) < 4.78 is 5.64. The van der Waals surface area contributed by atoms with Crippen LogP contribution in [-0.2, 0) is 9.59 Å². The minimum absolute atomic E-state index is 0.214. The number of halogens is 1. The largest absolute Gasteiger partial charge is 0.481 e. The second-order valence-corrected chi connectivity index (χ2v) is 6.22. The number of amides is 1. The van der Waals surface area contributed by atoms with E-state index in [1.54, 1.807) is 31.3 Å². The molecule has 8 heteroatoms. The smallest absolute Gasteiger partial charge is 0.341 e. The van der Waals surface area contributed by atoms with Crippen molar-refractivity contribution in [3.05, 3.63) is 33.7 Å². The molecule has 0 aromatic heterocycles. The van der Waals surface area contributed by atoms with Crippen molar-refractivity contribution in [2.75, 3.05) is 13.7 Å². The Morgan fingerprint density at radius 1 is 1.57 bits per heavy atom. The molecule has 0 saturated carbocycles. The van der Waals surface area contributed by atoms with Gasteiger partial charge in [0, 0.05) is 17.6 Å². The third-order valence-corrected chi connectivity index (χ3v) is 4.32. The Balaban J connectivity index is 2.34. The van der Waals surface area contributed by atoms with Crippen molar-refractivity contribution in [1.82, 2.24) is 4.90 Å². The molecule has 2 rings (SSSR count). The molecule has 1 fully saturated rings. The summed E-state index contributed by atoms with van der Waals surface area (Å²) in [6, 6.07) is 4.74. The zero-order valence-electron chi connectivity index (χ0n) is 10.8. The highest BCUT2D eigenvalue weighted by molar-refractivity contribution is 8.26. The second kappa shape index (κ2) is 6.46. The number of thiocarbonyl (C=S) groups is 1. The first-order valence-electron chi connectivity index (χ1n) is 5.74. The van der Waals surface area contributed by atoms with Crippen LogP contribution in [0, 0.1) is 0 Å². The van der Waals surface area contributed by atoms with Gasteiger partial charge in [0.05, 0.1) is 4.91 Å². The number of thioether (sulfide) groups is 1. The highest BCUT2D eigenvalue weighted by atomic mass is 35.5. The molecule has 0 bridgehead atoms. The second-order valence-electron chi connectivity index (χ2n) is 4.11. The molecule has 0 unspecified atom stereocenters. The third-order valence-electron chi connectivity index (χ3n) is 2.60. The quantitative estimate of drug-likeness (QED) is 0.669. The van der Waals surface area contributed by atoms with Crippen LogP contribution >= 0.6 is 35.6 Å². The highest BCUT2D eigenvalue weighted by Crippen LogP contribution is 2.34. The predicted molar refractivity (Wildman–Crippen MR) is 85.5 cm³/mol. The maximum absolute atomic E-state index is 12.0. The molecule has 0 atom stereocenters. The molecular weight excluding hydrogens is 334 g/mol. The fraction of sp³-hybridized carbons (Fsp3) is 0.154. The van der Waals surface area contributed by atoms with E-state index in [4.69, 9.17) is 33.7 Å². The molecule has 1 aromatic carbocycles. The van der Waals surface area contributed by atoms with E-state index >= 15 is 0 Å². The topological polar surface area (TPSA) is 66.8 Å². The molecule has 1 heterocycles. The first-order chi connectivity index (χ1) is 9.88. The Hall–Kier alpha value is -1.57. The predicted octanol–water partition coefficient (Wildman–Crippen LogP) is 2.63. The molecule has 1 amide bonds. The molecule has 1 aliphatic heterocycles. The molecule has 0 aliphatic carbocycles. The van der Waals surface area contributed by atoms with Gasteiger partial charge in [0.1, 0.15) is 10.1 Å². The van der Waals surface area contributed by atoms with Gasteiger partial charge in [0.25, 0.3) is 5.91 Å². The van der Waals surface area contributed by atoms with Gasteiger partial charge < -0.3 is 9.84 Å². The van der Waals surface area contributed by atoms with Crippen molar-refractivity contribution >= 4 is 57.9 Å². The summed E-state index contributed by atoms with van der Waals surface area (Å²) >= 11 is 12.1. The van der Waals surface area contributed by atoms with Crippen molar-refractivity contribution in [2.45, 2.75) is 0 Å². The van der Waals surface area contributed by atoms with Gasteiger partial charge in [0.15, 0.2) is 6.61 Å². The number of hydrogen-bond donors (Lipinski definition) is 1. The molecule has 21 heavy (non-hydrogen) atoms. The van der Waals surface area contributed by atoms with Gasteiger partial charge in [-0.1, -0.05) is 35.6 Å². The van der Waals surface area contributed by atoms with E-state index in [9.17, 15) is 9.59 Å². The lowest BCUT2D eigenvalue weighted by Crippen LogP contribution is -2.22. The summed E-state index contributed by atoms with van der Waals surface area (Å²) in [6.07, 6.45) is 1.59. The number of carboxylic acids is 1. The number of carboxylic acid groups (broad SMARTS) is 1. The number of hydrogen-bond acceptors (Lipinski definition) is 5. The monoisotopic (exact) mass is 343 g/mol. The summed E-state index contributed by atoms with van der Waals surface area (Å²) in [5, 5.41) is 9.12. The summed E-state index contributed by atoms with van der Waals surface area (Å²) in [5.41, 5.74) is 0.526. The summed E-state index contributed by atoms with van der Waals surface area (Å²) in [7, 11) is 1.60. The Morgan fingerprint density at radius 2 is 2.29 bits per heavy atom. The number of benzene rings is 1. The normalized spacial score (nSPS) is 16.7. The zero-order chi connectivity index (χ0) is 15.6. The Kier molecular flexibility index (Phi) is 4.87. The summed E-state index contributed by atoms with van der Waals surface area (Å²) in [5.74, 6) is -0.965. The number of carbonyl (C=O) groups is 2. The van der Waals surface area contributed by atoms with E-state index in [0.29, 0.717) is 25.6 Å². The van der Waals surface area contributed by atoms with Crippen molar-refractivity contribution in [2.24, 2.45) is 0 Å². The van der Waals surface area contributed by atoms with Crippen LogP contribution in [0.1, 0.15) is 5.56 Å². The van der Waals surface area contributed by atoms with Gasteiger partial charge in [-0.05, 0) is 24.3 Å². The Bertz CT molecular complexity index is 660. The average Bonchev–Trinajstić information content (AvgIpc) is 2.65. The lowest BCUT2D eigenvalue weighted by molar-refractivity contribution is -0.139. The molecule has 5 nitrogen and oxygen atoms in total. The van der Waals surface area contributed by atoms with Gasteiger partial charge in [0.2, 0.25) is 0 Å². The lowest BCUT2D eigenvalue weighted by atomic mass is 10.2. The molecule has 1 N–H and O–H groups in total. The maximum Gasteiger partial charge on any atom is 0.341 e. The maximum atomic E-state index is 12.0. The van der Waals surface area contributed by atoms with E-state index in [1.807, 2.05) is 0 Å². The lowest BCUT2D eigenvalue weighted by Gasteiger charge is -2.08. The average molecular weight is 344 g/mol. The van der Waals surface area contributed by atoms with Crippen LogP contribution in [0.4, 0.5) is 0 Å². The Morgan fingerprint density at radius 3 is 2.86 bits per heavy atom. The van der Waals surface area contributed by atoms with Crippen molar-refractivity contribution in [3.8, 4) is 5.75 Å². The van der Waals surface area contributed by atoms with Crippen molar-refractivity contribution in [1.29, 1.82) is 0 Å². The molecule has 1 aromatic rings. The summed E-state index contributed by atoms with van der Waals surface area (Å²) in [6.45, 7) is -0.475. The minimum Gasteiger partial charge on any atom is -0.481 e. The minimum atomic E-state index is -1.09. The molecule has 0 radical (unpaired) electrons. The van der Waals surface area contributed by atoms with E-state index in [1.165, 1.54) is 16.7 Å². The first kappa shape index (κ1) is 15.8. The molecule has 1 saturated heterocycles. The van der Waals surface area contributed by atoms with E-state index in [2.05, 4.69) is 0 Å². The van der Waals surface area contributed by atoms with Crippen LogP contribution in [0.15, 0.2) is 23.1 Å². The zero-order valence-corrected chi connectivity index (χ0v) is 13.2. The van der Waals surface area contributed by atoms with Crippen LogP contribution in [0.5, 0.6) is 5.75 Å². The van der Waals surface area contributed by atoms with Crippen LogP contribution < -0.4 is 4.74 Å². The molecular formula is C13H10ClNO4S2. The van der Waals surface area contributed by atoms with Gasteiger partial charge in [-0.15, -0.1) is 0 Å². The van der Waals surface area contributed by atoms with Crippen LogP contribution in [0.3, 0.4) is 0 Å². The molecule has 0 spiro atoms. The van der Waals surface area contributed by atoms with Crippen LogP contribution in [0.25, 0.3) is 6.08 Å². The van der Waals surface area contributed by atoms with Crippen molar-refractivity contribution in [3.63, 3.8) is 0 Å². The van der Waals surface area contributed by atoms with Gasteiger partial charge in [-0.25, -0.2) is 4.79 Å².